The second-order valence-corrected chi connectivity index (χ2v) is 5.70. The lowest BCUT2D eigenvalue weighted by Crippen LogP contribution is -2.44. The van der Waals surface area contributed by atoms with E-state index in [9.17, 15) is 0 Å². The van der Waals surface area contributed by atoms with Gasteiger partial charge in [-0.3, -0.25) is 0 Å². The third-order valence-electron chi connectivity index (χ3n) is 3.89. The van der Waals surface area contributed by atoms with Crippen molar-refractivity contribution in [1.29, 1.82) is 0 Å². The van der Waals surface area contributed by atoms with Crippen molar-refractivity contribution in [2.75, 3.05) is 0 Å². The van der Waals surface area contributed by atoms with Crippen LogP contribution >= 0.6 is 0 Å². The van der Waals surface area contributed by atoms with Crippen molar-refractivity contribution in [3.8, 4) is 0 Å². The summed E-state index contributed by atoms with van der Waals surface area (Å²) < 4.78 is 0. The lowest BCUT2D eigenvalue weighted by Gasteiger charge is -2.41. The minimum Gasteiger partial charge on any atom is -0.327 e. The van der Waals surface area contributed by atoms with Crippen LogP contribution in [0.4, 0.5) is 0 Å². The summed E-state index contributed by atoms with van der Waals surface area (Å²) in [5.41, 5.74) is 8.87. The highest BCUT2D eigenvalue weighted by Gasteiger charge is 2.35. The summed E-state index contributed by atoms with van der Waals surface area (Å²) in [6, 6.07) is 9.58. The Kier molecular flexibility index (Phi) is 3.34. The molecule has 0 spiro atoms. The molecular weight excluding hydrogens is 194 g/mol. The highest BCUT2D eigenvalue weighted by atomic mass is 14.7. The van der Waals surface area contributed by atoms with Gasteiger partial charge >= 0.3 is 0 Å². The van der Waals surface area contributed by atoms with Crippen LogP contribution in [-0.4, -0.2) is 6.04 Å². The van der Waals surface area contributed by atoms with Crippen LogP contribution < -0.4 is 5.73 Å². The van der Waals surface area contributed by atoms with E-state index in [0.717, 1.165) is 12.3 Å². The lowest BCUT2D eigenvalue weighted by molar-refractivity contribution is 0.226. The van der Waals surface area contributed by atoms with Gasteiger partial charge in [0.1, 0.15) is 0 Å². The van der Waals surface area contributed by atoms with Gasteiger partial charge in [-0.25, -0.2) is 0 Å². The molecule has 1 aliphatic carbocycles. The van der Waals surface area contributed by atoms with Crippen molar-refractivity contribution in [2.24, 2.45) is 17.6 Å². The fraction of sp³-hybridized carbons (Fsp3) is 0.600. The van der Waals surface area contributed by atoms with Crippen molar-refractivity contribution in [3.05, 3.63) is 35.4 Å². The maximum atomic E-state index is 5.95. The summed E-state index contributed by atoms with van der Waals surface area (Å²) in [5.74, 6) is 2.08. The molecule has 1 aromatic rings. The highest BCUT2D eigenvalue weighted by Crippen LogP contribution is 2.41. The van der Waals surface area contributed by atoms with Crippen molar-refractivity contribution in [2.45, 2.75) is 45.6 Å². The van der Waals surface area contributed by atoms with Gasteiger partial charge in [0.2, 0.25) is 0 Å². The molecule has 88 valence electrons. The van der Waals surface area contributed by atoms with E-state index >= 15 is 0 Å². The number of benzene rings is 1. The first-order valence-electron chi connectivity index (χ1n) is 6.42. The minimum atomic E-state index is 0.417. The molecule has 2 N–H and O–H groups in total. The highest BCUT2D eigenvalue weighted by molar-refractivity contribution is 5.28. The Morgan fingerprint density at radius 3 is 2.31 bits per heavy atom. The molecule has 0 aliphatic heterocycles. The molecule has 1 aliphatic rings. The minimum absolute atomic E-state index is 0.417. The molecule has 0 heterocycles. The molecule has 1 aromatic carbocycles. The molecule has 3 unspecified atom stereocenters. The molecule has 0 radical (unpaired) electrons. The van der Waals surface area contributed by atoms with Gasteiger partial charge < -0.3 is 5.73 Å². The summed E-state index contributed by atoms with van der Waals surface area (Å²) in [6.07, 6.45) is 2.34. The predicted octanol–water partition coefficient (Wildman–Crippen LogP) is 3.34. The monoisotopic (exact) mass is 217 g/mol. The smallest absolute Gasteiger partial charge is 0.00763 e. The normalized spacial score (nSPS) is 29.2. The largest absolute Gasteiger partial charge is 0.327 e. The first-order valence-corrected chi connectivity index (χ1v) is 6.42. The van der Waals surface area contributed by atoms with Crippen LogP contribution in [0.15, 0.2) is 24.3 Å². The average molecular weight is 217 g/mol. The van der Waals surface area contributed by atoms with Gasteiger partial charge in [0, 0.05) is 6.04 Å². The summed E-state index contributed by atoms with van der Waals surface area (Å²) in [7, 11) is 0. The Labute approximate surface area is 99.0 Å². The van der Waals surface area contributed by atoms with Crippen LogP contribution in [0.2, 0.25) is 0 Å². The fourth-order valence-corrected chi connectivity index (χ4v) is 2.64. The first-order chi connectivity index (χ1) is 7.58. The van der Waals surface area contributed by atoms with E-state index in [0.29, 0.717) is 17.9 Å². The van der Waals surface area contributed by atoms with Gasteiger partial charge in [0.15, 0.2) is 0 Å². The van der Waals surface area contributed by atoms with Gasteiger partial charge in [0.25, 0.3) is 0 Å². The fourth-order valence-electron chi connectivity index (χ4n) is 2.64. The average Bonchev–Trinajstić information content (AvgIpc) is 2.26. The second-order valence-electron chi connectivity index (χ2n) is 5.70. The van der Waals surface area contributed by atoms with E-state index in [2.05, 4.69) is 45.0 Å². The van der Waals surface area contributed by atoms with E-state index in [4.69, 9.17) is 5.73 Å². The summed E-state index contributed by atoms with van der Waals surface area (Å²) in [4.78, 5) is 0. The quantitative estimate of drug-likeness (QED) is 0.825. The number of hydrogen-bond acceptors (Lipinski definition) is 1. The Bertz CT molecular complexity index is 339. The predicted molar refractivity (Wildman–Crippen MR) is 69.5 cm³/mol. The van der Waals surface area contributed by atoms with E-state index in [1.54, 1.807) is 0 Å². The molecule has 16 heavy (non-hydrogen) atoms. The van der Waals surface area contributed by atoms with Crippen LogP contribution in [0, 0.1) is 11.8 Å². The zero-order chi connectivity index (χ0) is 11.7. The third-order valence-corrected chi connectivity index (χ3v) is 3.89. The molecule has 1 saturated carbocycles. The van der Waals surface area contributed by atoms with Gasteiger partial charge in [0.05, 0.1) is 0 Å². The Morgan fingerprint density at radius 2 is 1.88 bits per heavy atom. The standard InChI is InChI=1S/C15H23N/c1-10(2)8-12-4-6-13(7-5-12)14-9-15(16)11(14)3/h4-7,10-11,14-15H,8-9,16H2,1-3H3. The van der Waals surface area contributed by atoms with Crippen LogP contribution in [0.5, 0.6) is 0 Å². The van der Waals surface area contributed by atoms with Gasteiger partial charge in [-0.05, 0) is 41.7 Å². The molecule has 0 amide bonds. The number of hydrogen-bond donors (Lipinski definition) is 1. The van der Waals surface area contributed by atoms with E-state index in [1.165, 1.54) is 17.5 Å². The number of nitrogens with two attached hydrogens (primary N) is 1. The van der Waals surface area contributed by atoms with E-state index in [1.807, 2.05) is 0 Å². The summed E-state index contributed by atoms with van der Waals surface area (Å²) >= 11 is 0. The molecule has 1 heteroatoms. The number of rotatable bonds is 3. The second kappa shape index (κ2) is 4.58. The van der Waals surface area contributed by atoms with Gasteiger partial charge in [-0.1, -0.05) is 45.0 Å². The van der Waals surface area contributed by atoms with Gasteiger partial charge in [-0.2, -0.15) is 0 Å². The molecule has 1 fully saturated rings. The Balaban J connectivity index is 2.02. The molecule has 1 nitrogen and oxygen atoms in total. The maximum Gasteiger partial charge on any atom is 0.00763 e. The van der Waals surface area contributed by atoms with Crippen molar-refractivity contribution in [1.82, 2.24) is 0 Å². The molecule has 0 saturated heterocycles. The van der Waals surface area contributed by atoms with E-state index < -0.39 is 0 Å². The van der Waals surface area contributed by atoms with Crippen LogP contribution in [0.3, 0.4) is 0 Å². The van der Waals surface area contributed by atoms with Crippen LogP contribution in [0.1, 0.15) is 44.2 Å². The van der Waals surface area contributed by atoms with Crippen molar-refractivity contribution < 1.29 is 0 Å². The molecule has 0 aromatic heterocycles. The molecule has 2 rings (SSSR count). The lowest BCUT2D eigenvalue weighted by atomic mass is 9.67. The molecule has 0 bridgehead atoms. The summed E-state index contributed by atoms with van der Waals surface area (Å²) in [6.45, 7) is 6.79. The topological polar surface area (TPSA) is 26.0 Å². The van der Waals surface area contributed by atoms with E-state index in [-0.39, 0.29) is 0 Å². The Hall–Kier alpha value is -0.820. The zero-order valence-electron chi connectivity index (χ0n) is 10.6. The maximum absolute atomic E-state index is 5.95. The van der Waals surface area contributed by atoms with Crippen molar-refractivity contribution in [3.63, 3.8) is 0 Å². The first kappa shape index (κ1) is 11.7. The van der Waals surface area contributed by atoms with Crippen LogP contribution in [0.25, 0.3) is 0 Å². The Morgan fingerprint density at radius 1 is 1.25 bits per heavy atom. The van der Waals surface area contributed by atoms with Gasteiger partial charge in [-0.15, -0.1) is 0 Å². The zero-order valence-corrected chi connectivity index (χ0v) is 10.6. The van der Waals surface area contributed by atoms with Crippen LogP contribution in [-0.2, 0) is 6.42 Å². The summed E-state index contributed by atoms with van der Waals surface area (Å²) in [5, 5.41) is 0. The molecule has 3 atom stereocenters. The SMILES string of the molecule is CC(C)Cc1ccc(C2CC(N)C2C)cc1. The van der Waals surface area contributed by atoms with Crippen molar-refractivity contribution >= 4 is 0 Å². The molecular formula is C15H23N. The third kappa shape index (κ3) is 2.30.